The fraction of sp³-hybridized carbons (Fsp3) is 0.500. The number of benzene rings is 1. The highest BCUT2D eigenvalue weighted by Crippen LogP contribution is 2.28. The van der Waals surface area contributed by atoms with Crippen molar-refractivity contribution in [2.75, 3.05) is 25.5 Å². The molecule has 0 unspecified atom stereocenters. The number of ether oxygens (including phenoxy) is 1. The van der Waals surface area contributed by atoms with E-state index in [9.17, 15) is 4.79 Å². The molecular formula is C16H23N3O2S. The molecule has 0 radical (unpaired) electrons. The summed E-state index contributed by atoms with van der Waals surface area (Å²) in [6.45, 7) is 3.18. The summed E-state index contributed by atoms with van der Waals surface area (Å²) in [4.78, 5) is 16.2. The minimum atomic E-state index is 0.00772. The molecule has 5 nitrogen and oxygen atoms in total. The lowest BCUT2D eigenvalue weighted by Crippen LogP contribution is -2.30. The van der Waals surface area contributed by atoms with Crippen molar-refractivity contribution < 1.29 is 9.53 Å². The number of amides is 1. The Bertz CT molecular complexity index is 612. The van der Waals surface area contributed by atoms with Gasteiger partial charge >= 0.3 is 0 Å². The first-order valence-electron chi connectivity index (χ1n) is 7.68. The van der Waals surface area contributed by atoms with Crippen LogP contribution in [0.1, 0.15) is 32.6 Å². The zero-order valence-corrected chi connectivity index (χ0v) is 14.0. The van der Waals surface area contributed by atoms with Crippen molar-refractivity contribution in [3.63, 3.8) is 0 Å². The third-order valence-electron chi connectivity index (χ3n) is 3.35. The zero-order valence-electron chi connectivity index (χ0n) is 13.1. The maximum atomic E-state index is 11.7. The summed E-state index contributed by atoms with van der Waals surface area (Å²) in [5.74, 6) is 0.820. The van der Waals surface area contributed by atoms with Crippen molar-refractivity contribution in [2.45, 2.75) is 32.6 Å². The maximum Gasteiger partial charge on any atom is 0.239 e. The SMILES string of the molecule is CCCCCCNC(=O)CNc1nc2ccc(OC)cc2s1. The molecule has 0 saturated heterocycles. The van der Waals surface area contributed by atoms with Crippen molar-refractivity contribution in [1.82, 2.24) is 10.3 Å². The highest BCUT2D eigenvalue weighted by molar-refractivity contribution is 7.22. The van der Waals surface area contributed by atoms with Crippen molar-refractivity contribution in [1.29, 1.82) is 0 Å². The third-order valence-corrected chi connectivity index (χ3v) is 4.32. The first-order chi connectivity index (χ1) is 10.7. The van der Waals surface area contributed by atoms with Gasteiger partial charge in [-0.2, -0.15) is 0 Å². The summed E-state index contributed by atoms with van der Waals surface area (Å²) in [5, 5.41) is 6.75. The first-order valence-corrected chi connectivity index (χ1v) is 8.49. The predicted molar refractivity (Wildman–Crippen MR) is 91.8 cm³/mol. The summed E-state index contributed by atoms with van der Waals surface area (Å²) < 4.78 is 6.24. The summed E-state index contributed by atoms with van der Waals surface area (Å²) in [5.41, 5.74) is 0.910. The van der Waals surface area contributed by atoms with Crippen LogP contribution in [0.15, 0.2) is 18.2 Å². The second-order valence-electron chi connectivity index (χ2n) is 5.12. The van der Waals surface area contributed by atoms with Crippen molar-refractivity contribution in [3.05, 3.63) is 18.2 Å². The zero-order chi connectivity index (χ0) is 15.8. The second-order valence-corrected chi connectivity index (χ2v) is 6.15. The predicted octanol–water partition coefficient (Wildman–Crippen LogP) is 3.41. The quantitative estimate of drug-likeness (QED) is 0.695. The Hall–Kier alpha value is -1.82. The number of anilines is 1. The summed E-state index contributed by atoms with van der Waals surface area (Å²) >= 11 is 1.52. The lowest BCUT2D eigenvalue weighted by atomic mass is 10.2. The van der Waals surface area contributed by atoms with E-state index in [0.717, 1.165) is 34.1 Å². The van der Waals surface area contributed by atoms with Gasteiger partial charge in [-0.25, -0.2) is 4.98 Å². The van der Waals surface area contributed by atoms with E-state index in [2.05, 4.69) is 22.5 Å². The number of unbranched alkanes of at least 4 members (excludes halogenated alkanes) is 3. The Morgan fingerprint density at radius 2 is 2.18 bits per heavy atom. The van der Waals surface area contributed by atoms with Crippen LogP contribution in [0.5, 0.6) is 5.75 Å². The fourth-order valence-corrected chi connectivity index (χ4v) is 3.00. The number of hydrogen-bond donors (Lipinski definition) is 2. The normalized spacial score (nSPS) is 10.6. The van der Waals surface area contributed by atoms with Gasteiger partial charge in [-0.3, -0.25) is 4.79 Å². The van der Waals surface area contributed by atoms with Gasteiger partial charge in [-0.15, -0.1) is 0 Å². The number of carbonyl (C=O) groups is 1. The Morgan fingerprint density at radius 3 is 2.95 bits per heavy atom. The highest BCUT2D eigenvalue weighted by atomic mass is 32.1. The van der Waals surface area contributed by atoms with E-state index in [4.69, 9.17) is 4.74 Å². The number of aromatic nitrogens is 1. The molecule has 0 atom stereocenters. The number of nitrogens with one attached hydrogen (secondary N) is 2. The van der Waals surface area contributed by atoms with Crippen molar-refractivity contribution >= 4 is 32.6 Å². The summed E-state index contributed by atoms with van der Waals surface area (Å²) in [6, 6.07) is 5.75. The molecule has 6 heteroatoms. The average molecular weight is 321 g/mol. The number of carbonyl (C=O) groups excluding carboxylic acids is 1. The molecule has 22 heavy (non-hydrogen) atoms. The average Bonchev–Trinajstić information content (AvgIpc) is 2.94. The van der Waals surface area contributed by atoms with Gasteiger partial charge in [0, 0.05) is 6.54 Å². The van der Waals surface area contributed by atoms with Crippen molar-refractivity contribution in [2.24, 2.45) is 0 Å². The van der Waals surface area contributed by atoms with Gasteiger partial charge in [-0.05, 0) is 24.6 Å². The molecule has 1 heterocycles. The molecule has 1 aromatic heterocycles. The molecule has 0 spiro atoms. The van der Waals surface area contributed by atoms with E-state index < -0.39 is 0 Å². The molecule has 2 aromatic rings. The van der Waals surface area contributed by atoms with Gasteiger partial charge < -0.3 is 15.4 Å². The molecule has 0 bridgehead atoms. The van der Waals surface area contributed by atoms with E-state index in [-0.39, 0.29) is 12.5 Å². The van der Waals surface area contributed by atoms with Crippen LogP contribution in [0.4, 0.5) is 5.13 Å². The van der Waals surface area contributed by atoms with E-state index in [1.165, 1.54) is 30.6 Å². The number of nitrogens with zero attached hydrogens (tertiary/aromatic N) is 1. The smallest absolute Gasteiger partial charge is 0.239 e. The summed E-state index contributed by atoms with van der Waals surface area (Å²) in [6.07, 6.45) is 4.64. The van der Waals surface area contributed by atoms with Gasteiger partial charge in [0.05, 0.1) is 23.9 Å². The molecule has 0 saturated carbocycles. The van der Waals surface area contributed by atoms with Crippen LogP contribution in [0.3, 0.4) is 0 Å². The number of rotatable bonds is 9. The van der Waals surface area contributed by atoms with Gasteiger partial charge in [0.2, 0.25) is 5.91 Å². The first kappa shape index (κ1) is 16.5. The molecule has 1 aromatic carbocycles. The molecule has 2 rings (SSSR count). The number of hydrogen-bond acceptors (Lipinski definition) is 5. The van der Waals surface area contributed by atoms with Crippen LogP contribution in [0.2, 0.25) is 0 Å². The van der Waals surface area contributed by atoms with Crippen molar-refractivity contribution in [3.8, 4) is 5.75 Å². The molecule has 120 valence electrons. The van der Waals surface area contributed by atoms with Crippen LogP contribution in [0.25, 0.3) is 10.2 Å². The second kappa shape index (κ2) is 8.58. The lowest BCUT2D eigenvalue weighted by molar-refractivity contribution is -0.119. The largest absolute Gasteiger partial charge is 0.497 e. The van der Waals surface area contributed by atoms with E-state index in [1.807, 2.05) is 18.2 Å². The number of thiazole rings is 1. The Morgan fingerprint density at radius 1 is 1.32 bits per heavy atom. The Labute approximate surface area is 135 Å². The van der Waals surface area contributed by atoms with Crippen LogP contribution >= 0.6 is 11.3 Å². The minimum Gasteiger partial charge on any atom is -0.497 e. The van der Waals surface area contributed by atoms with E-state index in [1.54, 1.807) is 7.11 Å². The molecule has 1 amide bonds. The van der Waals surface area contributed by atoms with E-state index >= 15 is 0 Å². The van der Waals surface area contributed by atoms with Gasteiger partial charge in [-0.1, -0.05) is 37.5 Å². The number of fused-ring (bicyclic) bond motifs is 1. The molecule has 0 fully saturated rings. The third kappa shape index (κ3) is 4.87. The molecule has 0 aliphatic carbocycles. The van der Waals surface area contributed by atoms with Gasteiger partial charge in [0.25, 0.3) is 0 Å². The lowest BCUT2D eigenvalue weighted by Gasteiger charge is -2.05. The Kier molecular flexibility index (Phi) is 6.45. The van der Waals surface area contributed by atoms with Crippen LogP contribution in [-0.2, 0) is 4.79 Å². The standard InChI is InChI=1S/C16H23N3O2S/c1-3-4-5-6-9-17-15(20)11-18-16-19-13-8-7-12(21-2)10-14(13)22-16/h7-8,10H,3-6,9,11H2,1-2H3,(H,17,20)(H,18,19). The topological polar surface area (TPSA) is 63.2 Å². The van der Waals surface area contributed by atoms with Gasteiger partial charge in [0.1, 0.15) is 5.75 Å². The van der Waals surface area contributed by atoms with Crippen LogP contribution in [0, 0.1) is 0 Å². The maximum absolute atomic E-state index is 11.7. The molecule has 2 N–H and O–H groups in total. The fourth-order valence-electron chi connectivity index (χ4n) is 2.11. The molecule has 0 aliphatic rings. The summed E-state index contributed by atoms with van der Waals surface area (Å²) in [7, 11) is 1.65. The van der Waals surface area contributed by atoms with Crippen LogP contribution < -0.4 is 15.4 Å². The van der Waals surface area contributed by atoms with E-state index in [0.29, 0.717) is 0 Å². The monoisotopic (exact) mass is 321 g/mol. The minimum absolute atomic E-state index is 0.00772. The molecular weight excluding hydrogens is 298 g/mol. The van der Waals surface area contributed by atoms with Gasteiger partial charge in [0.15, 0.2) is 5.13 Å². The highest BCUT2D eigenvalue weighted by Gasteiger charge is 2.06. The Balaban J connectivity index is 1.77. The number of methoxy groups -OCH3 is 1. The molecule has 0 aliphatic heterocycles. The van der Waals surface area contributed by atoms with Crippen LogP contribution in [-0.4, -0.2) is 31.1 Å².